The molecule has 10 nitrogen and oxygen atoms in total. The lowest BCUT2D eigenvalue weighted by atomic mass is 10.2. The molecule has 0 radical (unpaired) electrons. The minimum atomic E-state index is -3.84. The van der Waals surface area contributed by atoms with Gasteiger partial charge < -0.3 is 26.6 Å². The van der Waals surface area contributed by atoms with Crippen LogP contribution >= 0.6 is 0 Å². The van der Waals surface area contributed by atoms with Crippen LogP contribution in [0.4, 0.5) is 0 Å². The van der Waals surface area contributed by atoms with Crippen LogP contribution in [0.2, 0.25) is 0 Å². The molecular weight excluding hydrogens is 352 g/mol. The summed E-state index contributed by atoms with van der Waals surface area (Å²) in [6.45, 7) is 0.143. The predicted molar refractivity (Wildman–Crippen MR) is 90.7 cm³/mol. The first kappa shape index (κ1) is 20.8. The number of amides is 1. The van der Waals surface area contributed by atoms with Crippen molar-refractivity contribution in [3.63, 3.8) is 0 Å². The third-order valence-electron chi connectivity index (χ3n) is 2.98. The Balaban J connectivity index is 2.64. The molecule has 0 aliphatic heterocycles. The average Bonchev–Trinajstić information content (AvgIpc) is 2.56. The topological polar surface area (TPSA) is 174 Å². The minimum Gasteiger partial charge on any atom is -0.492 e. The fraction of sp³-hybridized carbons (Fsp3) is 0.429. The molecule has 1 atom stereocenters. The van der Waals surface area contributed by atoms with Gasteiger partial charge in [-0.2, -0.15) is 4.72 Å². The monoisotopic (exact) mass is 374 g/mol. The molecule has 0 saturated heterocycles. The van der Waals surface area contributed by atoms with Gasteiger partial charge in [-0.25, -0.2) is 8.42 Å². The Hall–Kier alpha value is -2.21. The first-order chi connectivity index (χ1) is 11.8. The zero-order valence-corrected chi connectivity index (χ0v) is 14.3. The molecule has 0 unspecified atom stereocenters. The van der Waals surface area contributed by atoms with E-state index in [4.69, 9.17) is 21.3 Å². The van der Waals surface area contributed by atoms with Gasteiger partial charge in [0.1, 0.15) is 18.4 Å². The Morgan fingerprint density at radius 3 is 2.32 bits per heavy atom. The van der Waals surface area contributed by atoms with Crippen molar-refractivity contribution in [3.05, 3.63) is 29.8 Å². The summed E-state index contributed by atoms with van der Waals surface area (Å²) < 4.78 is 30.4. The van der Waals surface area contributed by atoms with Crippen LogP contribution in [0.3, 0.4) is 0 Å². The molecule has 140 valence electrons. The van der Waals surface area contributed by atoms with Crippen LogP contribution < -0.4 is 26.2 Å². The Bertz CT molecular complexity index is 677. The van der Waals surface area contributed by atoms with Gasteiger partial charge in [0.2, 0.25) is 10.0 Å². The largest absolute Gasteiger partial charge is 0.492 e. The zero-order chi connectivity index (χ0) is 18.9. The van der Waals surface area contributed by atoms with Crippen LogP contribution in [-0.2, 0) is 14.8 Å². The summed E-state index contributed by atoms with van der Waals surface area (Å²) in [5, 5.41) is 11.4. The number of ether oxygens (including phenoxy) is 1. The molecule has 0 aliphatic carbocycles. The quantitative estimate of drug-likeness (QED) is 0.298. The van der Waals surface area contributed by atoms with Crippen molar-refractivity contribution in [2.45, 2.75) is 6.04 Å². The molecule has 7 N–H and O–H groups in total. The smallest absolute Gasteiger partial charge is 0.323 e. The van der Waals surface area contributed by atoms with Gasteiger partial charge >= 0.3 is 5.97 Å². The number of nitrogens with two attached hydrogens (primary N) is 2. The highest BCUT2D eigenvalue weighted by Gasteiger charge is 2.24. The SMILES string of the molecule is NCCOc1ccc(C(=O)NC[C@H](NS(=O)(=O)CCN)C(=O)O)cc1. The van der Waals surface area contributed by atoms with Gasteiger partial charge in [0, 0.05) is 25.2 Å². The molecule has 0 aliphatic rings. The van der Waals surface area contributed by atoms with Gasteiger partial charge in [0.15, 0.2) is 0 Å². The van der Waals surface area contributed by atoms with Gasteiger partial charge in [0.25, 0.3) is 5.91 Å². The van der Waals surface area contributed by atoms with Crippen molar-refractivity contribution in [2.75, 3.05) is 32.0 Å². The maximum Gasteiger partial charge on any atom is 0.323 e. The summed E-state index contributed by atoms with van der Waals surface area (Å²) in [6, 6.07) is 4.64. The predicted octanol–water partition coefficient (Wildman–Crippen LogP) is -1.91. The van der Waals surface area contributed by atoms with Crippen LogP contribution in [0.1, 0.15) is 10.4 Å². The molecule has 25 heavy (non-hydrogen) atoms. The number of hydrogen-bond donors (Lipinski definition) is 5. The molecule has 0 saturated carbocycles. The first-order valence-corrected chi connectivity index (χ1v) is 9.08. The molecule has 11 heteroatoms. The Kier molecular flexibility index (Phi) is 8.28. The van der Waals surface area contributed by atoms with E-state index in [1.807, 2.05) is 4.72 Å². The van der Waals surface area contributed by atoms with E-state index >= 15 is 0 Å². The Morgan fingerprint density at radius 2 is 1.80 bits per heavy atom. The molecular formula is C14H22N4O6S. The van der Waals surface area contributed by atoms with Gasteiger partial charge in [-0.3, -0.25) is 9.59 Å². The molecule has 1 aromatic rings. The normalized spacial score (nSPS) is 12.4. The van der Waals surface area contributed by atoms with Crippen molar-refractivity contribution in [1.29, 1.82) is 0 Å². The number of carbonyl (C=O) groups is 2. The second kappa shape index (κ2) is 9.93. The summed E-state index contributed by atoms with van der Waals surface area (Å²) in [4.78, 5) is 23.2. The summed E-state index contributed by atoms with van der Waals surface area (Å²) in [6.07, 6.45) is 0. The maximum absolute atomic E-state index is 12.0. The third-order valence-corrected chi connectivity index (χ3v) is 4.39. The summed E-state index contributed by atoms with van der Waals surface area (Å²) in [7, 11) is -3.84. The van der Waals surface area contributed by atoms with Crippen LogP contribution in [0.15, 0.2) is 24.3 Å². The van der Waals surface area contributed by atoms with Crippen LogP contribution in [0.25, 0.3) is 0 Å². The van der Waals surface area contributed by atoms with Crippen molar-refractivity contribution >= 4 is 21.9 Å². The summed E-state index contributed by atoms with van der Waals surface area (Å²) in [5.41, 5.74) is 10.7. The lowest BCUT2D eigenvalue weighted by Gasteiger charge is -2.15. The standard InChI is InChI=1S/C14H22N4O6S/c15-5-7-24-11-3-1-10(2-4-11)13(19)17-9-12(14(20)21)18-25(22,23)8-6-16/h1-4,12,18H,5-9,15-16H2,(H,17,19)(H,20,21)/t12-/m0/s1. The van der Waals surface area contributed by atoms with Gasteiger partial charge in [-0.1, -0.05) is 0 Å². The van der Waals surface area contributed by atoms with Crippen molar-refractivity contribution in [3.8, 4) is 5.75 Å². The average molecular weight is 374 g/mol. The Labute approximate surface area is 145 Å². The number of rotatable bonds is 11. The second-order valence-corrected chi connectivity index (χ2v) is 6.86. The van der Waals surface area contributed by atoms with Gasteiger partial charge in [0.05, 0.1) is 5.75 Å². The number of aliphatic carboxylic acids is 1. The number of carboxylic acid groups (broad SMARTS) is 1. The molecule has 0 fully saturated rings. The second-order valence-electron chi connectivity index (χ2n) is 4.99. The van der Waals surface area contributed by atoms with Gasteiger partial charge in [-0.15, -0.1) is 0 Å². The maximum atomic E-state index is 12.0. The summed E-state index contributed by atoms with van der Waals surface area (Å²) >= 11 is 0. The number of benzene rings is 1. The molecule has 0 aromatic heterocycles. The van der Waals surface area contributed by atoms with Crippen LogP contribution in [0, 0.1) is 0 Å². The van der Waals surface area contributed by atoms with E-state index in [2.05, 4.69) is 5.32 Å². The van der Waals surface area contributed by atoms with Gasteiger partial charge in [-0.05, 0) is 24.3 Å². The van der Waals surface area contributed by atoms with Crippen LogP contribution in [0.5, 0.6) is 5.75 Å². The zero-order valence-electron chi connectivity index (χ0n) is 13.5. The van der Waals surface area contributed by atoms with Crippen molar-refractivity contribution in [2.24, 2.45) is 11.5 Å². The van der Waals surface area contributed by atoms with Crippen molar-refractivity contribution < 1.29 is 27.9 Å². The fourth-order valence-electron chi connectivity index (χ4n) is 1.79. The van der Waals surface area contributed by atoms with E-state index in [9.17, 15) is 18.0 Å². The van der Waals surface area contributed by atoms with Crippen molar-refractivity contribution in [1.82, 2.24) is 10.0 Å². The molecule has 1 amide bonds. The molecule has 0 heterocycles. The molecule has 1 aromatic carbocycles. The summed E-state index contributed by atoms with van der Waals surface area (Å²) in [5.74, 6) is -1.82. The molecule has 1 rings (SSSR count). The minimum absolute atomic E-state index is 0.146. The fourth-order valence-corrected chi connectivity index (χ4v) is 2.83. The number of carbonyl (C=O) groups excluding carboxylic acids is 1. The molecule has 0 spiro atoms. The van der Waals surface area contributed by atoms with E-state index in [-0.39, 0.29) is 12.1 Å². The van der Waals surface area contributed by atoms with Crippen LogP contribution in [-0.4, -0.2) is 63.4 Å². The van der Waals surface area contributed by atoms with E-state index in [1.54, 1.807) is 12.1 Å². The van der Waals surface area contributed by atoms with E-state index in [1.165, 1.54) is 12.1 Å². The number of carboxylic acids is 1. The third kappa shape index (κ3) is 7.47. The highest BCUT2D eigenvalue weighted by Crippen LogP contribution is 2.11. The highest BCUT2D eigenvalue weighted by atomic mass is 32.2. The van der Waals surface area contributed by atoms with E-state index in [0.29, 0.717) is 18.9 Å². The lowest BCUT2D eigenvalue weighted by Crippen LogP contribution is -2.49. The highest BCUT2D eigenvalue weighted by molar-refractivity contribution is 7.89. The number of hydrogen-bond acceptors (Lipinski definition) is 7. The van der Waals surface area contributed by atoms with E-state index in [0.717, 1.165) is 0 Å². The number of sulfonamides is 1. The Morgan fingerprint density at radius 1 is 1.16 bits per heavy atom. The van der Waals surface area contributed by atoms with E-state index < -0.39 is 40.2 Å². The molecule has 0 bridgehead atoms. The number of nitrogens with one attached hydrogen (secondary N) is 2. The first-order valence-electron chi connectivity index (χ1n) is 7.43. The lowest BCUT2D eigenvalue weighted by molar-refractivity contribution is -0.138.